The number of ether oxygens (including phenoxy) is 2. The van der Waals surface area contributed by atoms with Crippen molar-refractivity contribution in [2.24, 2.45) is 0 Å². The van der Waals surface area contributed by atoms with Crippen molar-refractivity contribution in [1.29, 1.82) is 0 Å². The predicted octanol–water partition coefficient (Wildman–Crippen LogP) is 13.9. The summed E-state index contributed by atoms with van der Waals surface area (Å²) in [6.45, 7) is 2.64. The van der Waals surface area contributed by atoms with Gasteiger partial charge in [0, 0.05) is 116 Å². The molecule has 0 atom stereocenters. The Bertz CT molecular complexity index is 3440. The monoisotopic (exact) mass is 929 g/mol. The van der Waals surface area contributed by atoms with Gasteiger partial charge in [-0.15, -0.1) is 11.3 Å². The summed E-state index contributed by atoms with van der Waals surface area (Å²) < 4.78 is 14.5. The van der Waals surface area contributed by atoms with E-state index in [0.717, 1.165) is 130 Å². The lowest BCUT2D eigenvalue weighted by Gasteiger charge is -2.10. The number of hydrogen-bond donors (Lipinski definition) is 5. The number of H-pyrrole nitrogens is 4. The van der Waals surface area contributed by atoms with E-state index in [1.807, 2.05) is 78.2 Å². The zero-order chi connectivity index (χ0) is 42.6. The van der Waals surface area contributed by atoms with E-state index in [-0.39, 0.29) is 0 Å². The number of thiazole rings is 1. The molecule has 6 aromatic heterocycles. The molecule has 16 heteroatoms. The van der Waals surface area contributed by atoms with Crippen molar-refractivity contribution in [1.82, 2.24) is 39.7 Å². The fourth-order valence-electron chi connectivity index (χ4n) is 8.38. The van der Waals surface area contributed by atoms with Gasteiger partial charge >= 0.3 is 0 Å². The number of nitrogens with zero attached hydrogens (tertiary/aromatic N) is 4. The van der Waals surface area contributed by atoms with Gasteiger partial charge in [0.05, 0.1) is 35.3 Å². The number of hydrogen-bond acceptors (Lipinski definition) is 7. The molecule has 12 rings (SSSR count). The Kier molecular flexibility index (Phi) is 10.4. The molecule has 0 aliphatic carbocycles. The van der Waals surface area contributed by atoms with Crippen molar-refractivity contribution in [3.8, 4) is 11.5 Å². The lowest BCUT2D eigenvalue weighted by Crippen LogP contribution is -2.07. The fourth-order valence-corrected chi connectivity index (χ4v) is 9.63. The van der Waals surface area contributed by atoms with Crippen LogP contribution in [0.5, 0.6) is 11.5 Å². The molecule has 0 radical (unpaired) electrons. The molecule has 63 heavy (non-hydrogen) atoms. The number of fused-ring (bicyclic) bond motifs is 12. The van der Waals surface area contributed by atoms with Gasteiger partial charge in [-0.1, -0.05) is 46.4 Å². The highest BCUT2D eigenvalue weighted by atomic mass is 35.5. The molecule has 0 fully saturated rings. The molecule has 0 unspecified atom stereocenters. The van der Waals surface area contributed by atoms with Crippen molar-refractivity contribution in [2.75, 3.05) is 25.1 Å². The van der Waals surface area contributed by atoms with E-state index in [4.69, 9.17) is 55.9 Å². The van der Waals surface area contributed by atoms with Crippen LogP contribution < -0.4 is 14.8 Å². The molecule has 0 spiro atoms. The Hall–Kier alpha value is -6.15. The van der Waals surface area contributed by atoms with Gasteiger partial charge in [-0.25, -0.2) is 9.97 Å². The molecule has 0 saturated heterocycles. The molecule has 11 nitrogen and oxygen atoms in total. The maximum Gasteiger partial charge on any atom is 0.182 e. The number of rotatable bonds is 11. The summed E-state index contributed by atoms with van der Waals surface area (Å²) in [6.07, 6.45) is 6.69. The van der Waals surface area contributed by atoms with Crippen molar-refractivity contribution in [3.63, 3.8) is 0 Å². The molecular weight excluding hydrogens is 896 g/mol. The summed E-state index contributed by atoms with van der Waals surface area (Å²) in [7, 11) is 0. The zero-order valence-corrected chi connectivity index (χ0v) is 37.0. The highest BCUT2D eigenvalue weighted by molar-refractivity contribution is 7.13. The Morgan fingerprint density at radius 2 is 1.00 bits per heavy atom. The number of anilines is 1. The normalized spacial score (nSPS) is 11.9. The van der Waals surface area contributed by atoms with E-state index >= 15 is 0 Å². The summed E-state index contributed by atoms with van der Waals surface area (Å²) >= 11 is 26.8. The second-order valence-electron chi connectivity index (χ2n) is 15.2. The minimum Gasteiger partial charge on any atom is -0.489 e. The average Bonchev–Trinajstić information content (AvgIpc) is 4.15. The first kappa shape index (κ1) is 39.7. The van der Waals surface area contributed by atoms with Crippen LogP contribution >= 0.6 is 57.7 Å². The number of nitrogens with one attached hydrogen (secondary N) is 5. The fraction of sp³-hybridized carbons (Fsp3) is 0.128. The first-order valence-electron chi connectivity index (χ1n) is 20.3. The van der Waals surface area contributed by atoms with Crippen molar-refractivity contribution >= 4 is 150 Å². The number of aromatic amines is 4. The minimum atomic E-state index is 0.542. The Morgan fingerprint density at radius 1 is 0.556 bits per heavy atom. The molecule has 0 amide bonds. The molecule has 0 aliphatic heterocycles. The van der Waals surface area contributed by atoms with Crippen LogP contribution in [0.2, 0.25) is 20.1 Å². The summed E-state index contributed by atoms with van der Waals surface area (Å²) in [4.78, 5) is 22.3. The third-order valence-electron chi connectivity index (χ3n) is 11.2. The van der Waals surface area contributed by atoms with Crippen LogP contribution in [0.4, 0.5) is 5.13 Å². The van der Waals surface area contributed by atoms with Crippen LogP contribution in [-0.4, -0.2) is 59.4 Å². The van der Waals surface area contributed by atoms with E-state index < -0.39 is 0 Å². The molecule has 6 aromatic carbocycles. The molecule has 0 bridgehead atoms. The Labute approximate surface area is 382 Å². The van der Waals surface area contributed by atoms with Gasteiger partial charge in [-0.3, -0.25) is 4.68 Å². The van der Waals surface area contributed by atoms with E-state index in [1.165, 1.54) is 6.33 Å². The van der Waals surface area contributed by atoms with Gasteiger partial charge in [0.15, 0.2) is 16.6 Å². The van der Waals surface area contributed by atoms with Crippen LogP contribution in [0.1, 0.15) is 12.8 Å². The van der Waals surface area contributed by atoms with Crippen LogP contribution in [0, 0.1) is 0 Å². The third-order valence-corrected chi connectivity index (χ3v) is 12.9. The van der Waals surface area contributed by atoms with Crippen LogP contribution in [0.25, 0.3) is 87.2 Å². The molecule has 0 aliphatic rings. The third kappa shape index (κ3) is 7.51. The largest absolute Gasteiger partial charge is 0.489 e. The summed E-state index contributed by atoms with van der Waals surface area (Å²) in [6, 6.07) is 27.9. The van der Waals surface area contributed by atoms with Crippen LogP contribution in [0.3, 0.4) is 0 Å². The van der Waals surface area contributed by atoms with Gasteiger partial charge < -0.3 is 34.7 Å². The zero-order valence-electron chi connectivity index (χ0n) is 33.2. The SMILES string of the molecule is Clc1ccc2[nH]c3c(OCCCNc4nccs4)c4[nH]c5ccc(Cl)cc5c4cc3c2c1.Clc1ccc2[nH]c3c(OCCCn4cncn4)c4[nH]c5ccc(Cl)cc5c4cc3c2c1. The van der Waals surface area contributed by atoms with E-state index in [0.29, 0.717) is 33.3 Å². The van der Waals surface area contributed by atoms with Crippen molar-refractivity contribution in [3.05, 3.63) is 129 Å². The van der Waals surface area contributed by atoms with Crippen molar-refractivity contribution in [2.45, 2.75) is 19.4 Å². The number of halogens is 4. The number of benzene rings is 6. The molecular formula is C47H35Cl4N9O2S. The second-order valence-corrected chi connectivity index (χ2v) is 17.8. The Morgan fingerprint density at radius 3 is 1.40 bits per heavy atom. The van der Waals surface area contributed by atoms with E-state index in [2.05, 4.69) is 52.5 Å². The van der Waals surface area contributed by atoms with Crippen LogP contribution in [0.15, 0.2) is 109 Å². The molecule has 12 aromatic rings. The number of aryl methyl sites for hydroxylation is 1. The first-order chi connectivity index (χ1) is 30.8. The molecule has 5 N–H and O–H groups in total. The topological polar surface area (TPSA) is 137 Å². The Balaban J connectivity index is 0.000000141. The van der Waals surface area contributed by atoms with Crippen LogP contribution in [-0.2, 0) is 6.54 Å². The van der Waals surface area contributed by atoms with E-state index in [9.17, 15) is 0 Å². The standard InChI is InChI=1S/C24H18Cl2N4OS.C23H17Cl2N5O/c25-13-2-4-19-15(10-13)17-12-18-16-11-14(26)3-5-20(16)30-22(18)23(21(17)29-19)31-8-1-6-27-24-28-7-9-32-24;24-13-2-4-19-15(8-13)17-10-18-16-9-14(25)3-5-20(16)29-22(18)23(21(17)28-19)31-7-1-6-30-12-26-11-27-30/h2-5,7,9-12,29-30H,1,6,8H2,(H,27,28);2-5,8-12,28-29H,1,6-7H2. The lowest BCUT2D eigenvalue weighted by molar-refractivity contribution is 0.304. The number of aromatic nitrogens is 8. The van der Waals surface area contributed by atoms with Gasteiger partial charge in [0.2, 0.25) is 0 Å². The average molecular weight is 932 g/mol. The van der Waals surface area contributed by atoms with Gasteiger partial charge in [0.1, 0.15) is 12.7 Å². The minimum absolute atomic E-state index is 0.542. The maximum absolute atomic E-state index is 6.39. The van der Waals surface area contributed by atoms with E-state index in [1.54, 1.807) is 28.5 Å². The highest BCUT2D eigenvalue weighted by Gasteiger charge is 2.20. The van der Waals surface area contributed by atoms with Gasteiger partial charge in [-0.2, -0.15) is 5.10 Å². The quantitative estimate of drug-likeness (QED) is 0.0819. The van der Waals surface area contributed by atoms with Gasteiger partial charge in [-0.05, 0) is 91.3 Å². The first-order valence-corrected chi connectivity index (χ1v) is 22.6. The molecule has 314 valence electrons. The van der Waals surface area contributed by atoms with Crippen molar-refractivity contribution < 1.29 is 9.47 Å². The molecule has 6 heterocycles. The smallest absolute Gasteiger partial charge is 0.182 e. The predicted molar refractivity (Wildman–Crippen MR) is 261 cm³/mol. The highest BCUT2D eigenvalue weighted by Crippen LogP contribution is 2.43. The maximum atomic E-state index is 6.39. The summed E-state index contributed by atoms with van der Waals surface area (Å²) in [5.74, 6) is 1.61. The van der Waals surface area contributed by atoms with Gasteiger partial charge in [0.25, 0.3) is 0 Å². The summed E-state index contributed by atoms with van der Waals surface area (Å²) in [5.41, 5.74) is 7.89. The summed E-state index contributed by atoms with van der Waals surface area (Å²) in [5, 5.41) is 21.7. The molecule has 0 saturated carbocycles. The lowest BCUT2D eigenvalue weighted by atomic mass is 10.1. The second kappa shape index (κ2) is 16.5.